The molecule has 2 unspecified atom stereocenters. The molecule has 0 amide bonds. The fourth-order valence-corrected chi connectivity index (χ4v) is 1.63. The average Bonchev–Trinajstić information content (AvgIpc) is 2.36. The second-order valence-electron chi connectivity index (χ2n) is 3.70. The fourth-order valence-electron chi connectivity index (χ4n) is 1.63. The van der Waals surface area contributed by atoms with E-state index in [9.17, 15) is 10.2 Å². The number of hydrogen-bond acceptors (Lipinski definition) is 4. The molecule has 0 fully saturated rings. The first-order valence-corrected chi connectivity index (χ1v) is 5.13. The molecule has 0 aliphatic rings. The minimum Gasteiger partial charge on any atom is -0.389 e. The maximum Gasteiger partial charge on any atom is 0.106 e. The lowest BCUT2D eigenvalue weighted by Crippen LogP contribution is -2.27. The lowest BCUT2D eigenvalue weighted by molar-refractivity contribution is 0.0244. The van der Waals surface area contributed by atoms with E-state index in [1.165, 1.54) is 0 Å². The summed E-state index contributed by atoms with van der Waals surface area (Å²) in [6.45, 7) is 0.0340. The van der Waals surface area contributed by atoms with Crippen molar-refractivity contribution < 1.29 is 10.2 Å². The highest BCUT2D eigenvalue weighted by Crippen LogP contribution is 2.21. The van der Waals surface area contributed by atoms with E-state index in [-0.39, 0.29) is 6.54 Å². The Kier molecular flexibility index (Phi) is 3.14. The third-order valence-electron chi connectivity index (χ3n) is 2.57. The molecule has 1 aromatic carbocycles. The van der Waals surface area contributed by atoms with Gasteiger partial charge < -0.3 is 15.9 Å². The number of pyridine rings is 1. The van der Waals surface area contributed by atoms with Crippen molar-refractivity contribution in [2.24, 2.45) is 5.73 Å². The van der Waals surface area contributed by atoms with Crippen LogP contribution in [0.25, 0.3) is 10.9 Å². The Labute approximate surface area is 93.4 Å². The molecule has 2 atom stereocenters. The minimum atomic E-state index is -0.949. The van der Waals surface area contributed by atoms with Crippen LogP contribution in [-0.4, -0.2) is 27.8 Å². The quantitative estimate of drug-likeness (QED) is 0.704. The maximum atomic E-state index is 9.80. The predicted octanol–water partition coefficient (Wildman–Crippen LogP) is 0.588. The van der Waals surface area contributed by atoms with Gasteiger partial charge in [0.05, 0.1) is 11.6 Å². The zero-order chi connectivity index (χ0) is 11.5. The molecule has 2 aromatic rings. The second kappa shape index (κ2) is 4.57. The lowest BCUT2D eigenvalue weighted by Gasteiger charge is -2.16. The second-order valence-corrected chi connectivity index (χ2v) is 3.70. The van der Waals surface area contributed by atoms with Crippen LogP contribution in [0.15, 0.2) is 36.5 Å². The number of nitrogens with two attached hydrogens (primary N) is 1. The third-order valence-corrected chi connectivity index (χ3v) is 2.57. The van der Waals surface area contributed by atoms with Crippen LogP contribution < -0.4 is 5.73 Å². The van der Waals surface area contributed by atoms with Gasteiger partial charge in [0.1, 0.15) is 6.10 Å². The lowest BCUT2D eigenvalue weighted by atomic mass is 10.0. The van der Waals surface area contributed by atoms with Crippen LogP contribution in [0, 0.1) is 0 Å². The van der Waals surface area contributed by atoms with Gasteiger partial charge in [-0.2, -0.15) is 0 Å². The van der Waals surface area contributed by atoms with Gasteiger partial charge in [-0.1, -0.05) is 12.1 Å². The molecule has 16 heavy (non-hydrogen) atoms. The van der Waals surface area contributed by atoms with Gasteiger partial charge in [-0.15, -0.1) is 0 Å². The number of fused-ring (bicyclic) bond motifs is 1. The van der Waals surface area contributed by atoms with E-state index in [1.54, 1.807) is 12.3 Å². The molecular formula is C12H14N2O2. The summed E-state index contributed by atoms with van der Waals surface area (Å²) in [6.07, 6.45) is -0.170. The monoisotopic (exact) mass is 218 g/mol. The van der Waals surface area contributed by atoms with Crippen molar-refractivity contribution in [3.8, 4) is 0 Å². The number of nitrogens with zero attached hydrogens (tertiary/aromatic N) is 1. The molecule has 0 spiro atoms. The van der Waals surface area contributed by atoms with Gasteiger partial charge in [0, 0.05) is 18.1 Å². The predicted molar refractivity (Wildman–Crippen MR) is 61.8 cm³/mol. The zero-order valence-corrected chi connectivity index (χ0v) is 8.74. The normalized spacial score (nSPS) is 14.9. The highest BCUT2D eigenvalue weighted by atomic mass is 16.3. The van der Waals surface area contributed by atoms with E-state index >= 15 is 0 Å². The average molecular weight is 218 g/mol. The number of hydrogen-bond donors (Lipinski definition) is 3. The van der Waals surface area contributed by atoms with Crippen molar-refractivity contribution in [2.75, 3.05) is 6.54 Å². The summed E-state index contributed by atoms with van der Waals surface area (Å²) in [5.74, 6) is 0. The van der Waals surface area contributed by atoms with E-state index in [0.717, 1.165) is 10.9 Å². The number of rotatable bonds is 3. The number of aromatic nitrogens is 1. The Bertz CT molecular complexity index is 487. The van der Waals surface area contributed by atoms with E-state index in [4.69, 9.17) is 5.73 Å². The van der Waals surface area contributed by atoms with Gasteiger partial charge in [0.25, 0.3) is 0 Å². The maximum absolute atomic E-state index is 9.80. The van der Waals surface area contributed by atoms with Crippen LogP contribution in [0.4, 0.5) is 0 Å². The molecule has 84 valence electrons. The Morgan fingerprint density at radius 3 is 2.81 bits per heavy atom. The van der Waals surface area contributed by atoms with E-state index < -0.39 is 12.2 Å². The Balaban J connectivity index is 2.39. The summed E-state index contributed by atoms with van der Waals surface area (Å²) in [5, 5.41) is 20.2. The molecule has 0 aliphatic carbocycles. The molecule has 0 bridgehead atoms. The largest absolute Gasteiger partial charge is 0.389 e. The van der Waals surface area contributed by atoms with Crippen molar-refractivity contribution >= 4 is 10.9 Å². The molecular weight excluding hydrogens is 204 g/mol. The summed E-state index contributed by atoms with van der Waals surface area (Å²) >= 11 is 0. The number of benzene rings is 1. The third kappa shape index (κ3) is 2.04. The van der Waals surface area contributed by atoms with Gasteiger partial charge in [0.15, 0.2) is 0 Å². The fraction of sp³-hybridized carbons (Fsp3) is 0.250. The highest BCUT2D eigenvalue weighted by Gasteiger charge is 2.16. The summed E-state index contributed by atoms with van der Waals surface area (Å²) in [6, 6.07) is 9.12. The van der Waals surface area contributed by atoms with Gasteiger partial charge in [-0.05, 0) is 23.8 Å². The van der Waals surface area contributed by atoms with Gasteiger partial charge in [0.2, 0.25) is 0 Å². The Morgan fingerprint density at radius 2 is 2.06 bits per heavy atom. The number of aliphatic hydroxyl groups excluding tert-OH is 2. The van der Waals surface area contributed by atoms with Crippen LogP contribution in [-0.2, 0) is 0 Å². The first-order chi connectivity index (χ1) is 7.72. The zero-order valence-electron chi connectivity index (χ0n) is 8.74. The smallest absolute Gasteiger partial charge is 0.106 e. The molecule has 4 nitrogen and oxygen atoms in total. The van der Waals surface area contributed by atoms with Crippen molar-refractivity contribution in [1.29, 1.82) is 0 Å². The van der Waals surface area contributed by atoms with E-state index in [2.05, 4.69) is 4.98 Å². The molecule has 0 radical (unpaired) electrons. The molecule has 0 aliphatic heterocycles. The van der Waals surface area contributed by atoms with E-state index in [0.29, 0.717) is 5.56 Å². The molecule has 1 aromatic heterocycles. The molecule has 4 heteroatoms. The standard InChI is InChI=1S/C12H14N2O2/c13-7-11(15)12(16)9-3-4-10-8(6-9)2-1-5-14-10/h1-6,11-12,15-16H,7,13H2. The van der Waals surface area contributed by atoms with E-state index in [1.807, 2.05) is 24.3 Å². The molecule has 0 saturated heterocycles. The SMILES string of the molecule is NCC(O)C(O)c1ccc2ncccc2c1. The molecule has 0 saturated carbocycles. The van der Waals surface area contributed by atoms with Gasteiger partial charge in [-0.25, -0.2) is 0 Å². The molecule has 4 N–H and O–H groups in total. The van der Waals surface area contributed by atoms with Gasteiger partial charge >= 0.3 is 0 Å². The van der Waals surface area contributed by atoms with Gasteiger partial charge in [-0.3, -0.25) is 4.98 Å². The first kappa shape index (κ1) is 11.0. The molecule has 1 heterocycles. The number of aliphatic hydroxyl groups is 2. The first-order valence-electron chi connectivity index (χ1n) is 5.13. The van der Waals surface area contributed by atoms with Crippen LogP contribution in [0.1, 0.15) is 11.7 Å². The van der Waals surface area contributed by atoms with Crippen LogP contribution in [0.2, 0.25) is 0 Å². The van der Waals surface area contributed by atoms with Crippen molar-refractivity contribution in [1.82, 2.24) is 4.98 Å². The summed E-state index contributed by atoms with van der Waals surface area (Å²) < 4.78 is 0. The summed E-state index contributed by atoms with van der Waals surface area (Å²) in [7, 11) is 0. The summed E-state index contributed by atoms with van der Waals surface area (Å²) in [5.41, 5.74) is 6.81. The van der Waals surface area contributed by atoms with Crippen LogP contribution >= 0.6 is 0 Å². The van der Waals surface area contributed by atoms with Crippen LogP contribution in [0.3, 0.4) is 0 Å². The van der Waals surface area contributed by atoms with Crippen molar-refractivity contribution in [3.05, 3.63) is 42.1 Å². The topological polar surface area (TPSA) is 79.4 Å². The molecule has 2 rings (SSSR count). The Morgan fingerprint density at radius 1 is 1.25 bits per heavy atom. The summed E-state index contributed by atoms with van der Waals surface area (Å²) in [4.78, 5) is 4.18. The van der Waals surface area contributed by atoms with Crippen LogP contribution in [0.5, 0.6) is 0 Å². The van der Waals surface area contributed by atoms with Crippen molar-refractivity contribution in [3.63, 3.8) is 0 Å². The highest BCUT2D eigenvalue weighted by molar-refractivity contribution is 5.79. The van der Waals surface area contributed by atoms with Crippen molar-refractivity contribution in [2.45, 2.75) is 12.2 Å². The minimum absolute atomic E-state index is 0.0340. The Hall–Kier alpha value is -1.49.